The number of hydrogen-bond donors (Lipinski definition) is 0. The Kier molecular flexibility index (Phi) is 10.6. The van der Waals surface area contributed by atoms with Gasteiger partial charge in [0.2, 0.25) is 0 Å². The van der Waals surface area contributed by atoms with Crippen molar-refractivity contribution >= 4 is 29.8 Å². The number of esters is 5. The molecule has 0 saturated carbocycles. The molecule has 0 unspecified atom stereocenters. The van der Waals surface area contributed by atoms with Crippen LogP contribution < -0.4 is 0 Å². The first-order chi connectivity index (χ1) is 12.0. The zero-order valence-electron chi connectivity index (χ0n) is 15.4. The molecule has 0 radical (unpaired) electrons. The summed E-state index contributed by atoms with van der Waals surface area (Å²) in [6, 6.07) is 0. The van der Waals surface area contributed by atoms with Gasteiger partial charge in [-0.3, -0.25) is 24.0 Å². The van der Waals surface area contributed by atoms with E-state index in [9.17, 15) is 24.0 Å². The smallest absolute Gasteiger partial charge is 0.303 e. The van der Waals surface area contributed by atoms with Crippen molar-refractivity contribution in [2.45, 2.75) is 59.4 Å². The molecule has 0 rings (SSSR count). The predicted molar refractivity (Wildman–Crippen MR) is 84.5 cm³/mol. The molecule has 0 aliphatic heterocycles. The molecule has 0 aromatic carbocycles. The van der Waals surface area contributed by atoms with Crippen LogP contribution in [0.2, 0.25) is 0 Å². The van der Waals surface area contributed by atoms with Gasteiger partial charge in [-0.15, -0.1) is 0 Å². The number of carbonyl (C=O) groups is 5. The third-order valence-corrected chi connectivity index (χ3v) is 2.83. The molecular formula is C16H24O10. The molecule has 10 nitrogen and oxygen atoms in total. The van der Waals surface area contributed by atoms with Crippen molar-refractivity contribution in [2.24, 2.45) is 0 Å². The fourth-order valence-electron chi connectivity index (χ4n) is 2.01. The fourth-order valence-corrected chi connectivity index (χ4v) is 2.01. The van der Waals surface area contributed by atoms with Gasteiger partial charge < -0.3 is 23.7 Å². The Morgan fingerprint density at radius 2 is 1.08 bits per heavy atom. The average molecular weight is 376 g/mol. The highest BCUT2D eigenvalue weighted by Crippen LogP contribution is 2.18. The molecule has 0 fully saturated rings. The van der Waals surface area contributed by atoms with Crippen LogP contribution in [-0.4, -0.2) is 61.4 Å². The predicted octanol–water partition coefficient (Wildman–Crippen LogP) is 0.298. The lowest BCUT2D eigenvalue weighted by Gasteiger charge is -2.31. The lowest BCUT2D eigenvalue weighted by atomic mass is 10.0. The van der Waals surface area contributed by atoms with Crippen LogP contribution in [0, 0.1) is 0 Å². The van der Waals surface area contributed by atoms with Crippen molar-refractivity contribution in [3.63, 3.8) is 0 Å². The van der Waals surface area contributed by atoms with Gasteiger partial charge in [-0.25, -0.2) is 0 Å². The van der Waals surface area contributed by atoms with Crippen LogP contribution in [0.25, 0.3) is 0 Å². The fraction of sp³-hybridized carbons (Fsp3) is 0.688. The van der Waals surface area contributed by atoms with E-state index in [1.165, 1.54) is 6.92 Å². The molecule has 0 aliphatic carbocycles. The van der Waals surface area contributed by atoms with Gasteiger partial charge >= 0.3 is 29.8 Å². The molecule has 0 aromatic heterocycles. The summed E-state index contributed by atoms with van der Waals surface area (Å²) in [6.07, 6.45) is -3.62. The molecule has 0 spiro atoms. The van der Waals surface area contributed by atoms with Gasteiger partial charge in [0, 0.05) is 41.0 Å². The second kappa shape index (κ2) is 11.8. The average Bonchev–Trinajstić information content (AvgIpc) is 2.46. The van der Waals surface area contributed by atoms with Crippen LogP contribution in [-0.2, 0) is 47.7 Å². The molecule has 0 saturated heterocycles. The van der Waals surface area contributed by atoms with Gasteiger partial charge in [0.15, 0.2) is 12.2 Å². The van der Waals surface area contributed by atoms with E-state index in [1.807, 2.05) is 0 Å². The van der Waals surface area contributed by atoms with Crippen LogP contribution >= 0.6 is 0 Å². The summed E-state index contributed by atoms with van der Waals surface area (Å²) in [6.45, 7) is 5.16. The lowest BCUT2D eigenvalue weighted by Crippen LogP contribution is -2.47. The number of hydrogen-bond acceptors (Lipinski definition) is 10. The van der Waals surface area contributed by atoms with Crippen molar-refractivity contribution < 1.29 is 47.7 Å². The minimum Gasteiger partial charge on any atom is -0.466 e. The monoisotopic (exact) mass is 376 g/mol. The summed E-state index contributed by atoms with van der Waals surface area (Å²) >= 11 is 0. The summed E-state index contributed by atoms with van der Waals surface area (Å²) in [5.74, 6) is -3.34. The Bertz CT molecular complexity index is 527. The van der Waals surface area contributed by atoms with Gasteiger partial charge in [0.1, 0.15) is 12.7 Å². The van der Waals surface area contributed by atoms with Crippen molar-refractivity contribution in [2.75, 3.05) is 13.2 Å². The number of carbonyl (C=O) groups excluding carboxylic acids is 5. The highest BCUT2D eigenvalue weighted by Gasteiger charge is 2.37. The largest absolute Gasteiger partial charge is 0.466 e. The van der Waals surface area contributed by atoms with Crippen LogP contribution in [0.4, 0.5) is 0 Å². The van der Waals surface area contributed by atoms with Crippen LogP contribution in [0.1, 0.15) is 41.0 Å². The maximum atomic E-state index is 11.5. The quantitative estimate of drug-likeness (QED) is 0.387. The van der Waals surface area contributed by atoms with Crippen molar-refractivity contribution in [1.82, 2.24) is 0 Å². The zero-order chi connectivity index (χ0) is 20.3. The molecule has 0 aliphatic rings. The Labute approximate surface area is 151 Å². The highest BCUT2D eigenvalue weighted by atomic mass is 16.6. The van der Waals surface area contributed by atoms with E-state index >= 15 is 0 Å². The molecule has 0 bridgehead atoms. The number of ether oxygens (including phenoxy) is 5. The van der Waals surface area contributed by atoms with Gasteiger partial charge in [0.05, 0.1) is 6.61 Å². The lowest BCUT2D eigenvalue weighted by molar-refractivity contribution is -0.190. The van der Waals surface area contributed by atoms with E-state index in [4.69, 9.17) is 23.7 Å². The van der Waals surface area contributed by atoms with E-state index in [0.717, 1.165) is 27.7 Å². The van der Waals surface area contributed by atoms with Gasteiger partial charge in [-0.1, -0.05) is 0 Å². The standard InChI is InChI=1S/C16H24O10/c1-9(17)22-7-6-14(24-11(3)19)16(26-13(5)21)15(25-12(4)20)8-23-10(2)18/h14-16H,6-8H2,1-5H3/t14-,15-,16-/m1/s1. The van der Waals surface area contributed by atoms with E-state index < -0.39 is 54.8 Å². The van der Waals surface area contributed by atoms with Crippen LogP contribution in [0.15, 0.2) is 0 Å². The minimum atomic E-state index is -1.27. The summed E-state index contributed by atoms with van der Waals surface area (Å²) < 4.78 is 25.0. The third-order valence-electron chi connectivity index (χ3n) is 2.83. The van der Waals surface area contributed by atoms with Gasteiger partial charge in [0.25, 0.3) is 0 Å². The highest BCUT2D eigenvalue weighted by molar-refractivity contribution is 5.69. The minimum absolute atomic E-state index is 0.0328. The van der Waals surface area contributed by atoms with Crippen molar-refractivity contribution in [1.29, 1.82) is 0 Å². The Balaban J connectivity index is 5.51. The third kappa shape index (κ3) is 11.0. The summed E-state index contributed by atoms with van der Waals surface area (Å²) in [5, 5.41) is 0. The Morgan fingerprint density at radius 1 is 0.615 bits per heavy atom. The van der Waals surface area contributed by atoms with E-state index in [1.54, 1.807) is 0 Å². The van der Waals surface area contributed by atoms with Gasteiger partial charge in [-0.05, 0) is 0 Å². The zero-order valence-corrected chi connectivity index (χ0v) is 15.4. The second-order valence-corrected chi connectivity index (χ2v) is 5.30. The normalized spacial score (nSPS) is 13.6. The second-order valence-electron chi connectivity index (χ2n) is 5.30. The van der Waals surface area contributed by atoms with Gasteiger partial charge in [-0.2, -0.15) is 0 Å². The van der Waals surface area contributed by atoms with E-state index in [2.05, 4.69) is 0 Å². The molecule has 148 valence electrons. The summed E-state index contributed by atoms with van der Waals surface area (Å²) in [7, 11) is 0. The molecule has 0 amide bonds. The molecule has 3 atom stereocenters. The molecular weight excluding hydrogens is 352 g/mol. The van der Waals surface area contributed by atoms with E-state index in [-0.39, 0.29) is 13.0 Å². The maximum Gasteiger partial charge on any atom is 0.303 e. The van der Waals surface area contributed by atoms with Crippen molar-refractivity contribution in [3.05, 3.63) is 0 Å². The first-order valence-corrected chi connectivity index (χ1v) is 7.81. The van der Waals surface area contributed by atoms with E-state index in [0.29, 0.717) is 0 Å². The molecule has 10 heteroatoms. The Morgan fingerprint density at radius 3 is 1.50 bits per heavy atom. The first kappa shape index (κ1) is 23.4. The summed E-state index contributed by atoms with van der Waals surface area (Å²) in [5.41, 5.74) is 0. The van der Waals surface area contributed by atoms with Crippen molar-refractivity contribution in [3.8, 4) is 0 Å². The summed E-state index contributed by atoms with van der Waals surface area (Å²) in [4.78, 5) is 56.2. The molecule has 0 heterocycles. The SMILES string of the molecule is CC(=O)OCC[C@@H](OC(C)=O)[C@@H](OC(C)=O)[C@@H](COC(C)=O)OC(C)=O. The molecule has 0 N–H and O–H groups in total. The molecule has 0 aromatic rings. The first-order valence-electron chi connectivity index (χ1n) is 7.81. The maximum absolute atomic E-state index is 11.5. The molecule has 26 heavy (non-hydrogen) atoms. The van der Waals surface area contributed by atoms with Crippen LogP contribution in [0.5, 0.6) is 0 Å². The number of rotatable bonds is 10. The topological polar surface area (TPSA) is 132 Å². The Hall–Kier alpha value is -2.65. The van der Waals surface area contributed by atoms with Crippen LogP contribution in [0.3, 0.4) is 0 Å².